The van der Waals surface area contributed by atoms with Crippen molar-refractivity contribution in [2.75, 3.05) is 10.8 Å². The standard InChI is InChI=1S/C27H29ClN2O3S/c1-19-12-15-24(17-26(19)28)30(34(32,33)25-10-4-3-5-11-25)18-27(31)29-20(2)22-14-13-21-8-6-7-9-23(21)16-22/h3-5,10-17,20H,6-9,18H2,1-2H3,(H,29,31)/t20-/m1/s1. The highest BCUT2D eigenvalue weighted by atomic mass is 35.5. The fraction of sp³-hybridized carbons (Fsp3) is 0.296. The Hall–Kier alpha value is -2.83. The molecule has 0 aliphatic heterocycles. The number of nitrogens with one attached hydrogen (secondary N) is 1. The number of aryl methyl sites for hydroxylation is 3. The Kier molecular flexibility index (Phi) is 7.29. The monoisotopic (exact) mass is 496 g/mol. The SMILES string of the molecule is Cc1ccc(N(CC(=O)N[C@H](C)c2ccc3c(c2)CCCC3)S(=O)(=O)c2ccccc2)cc1Cl. The third-order valence-corrected chi connectivity index (χ3v) is 8.51. The molecule has 1 N–H and O–H groups in total. The molecule has 3 aromatic rings. The summed E-state index contributed by atoms with van der Waals surface area (Å²) < 4.78 is 28.1. The largest absolute Gasteiger partial charge is 0.348 e. The summed E-state index contributed by atoms with van der Waals surface area (Å²) in [4.78, 5) is 13.2. The molecule has 5 nitrogen and oxygen atoms in total. The van der Waals surface area contributed by atoms with Crippen LogP contribution in [0.4, 0.5) is 5.69 Å². The first kappa shape index (κ1) is 24.3. The number of anilines is 1. The second kappa shape index (κ2) is 10.2. The van der Waals surface area contributed by atoms with Crippen molar-refractivity contribution >= 4 is 33.2 Å². The minimum absolute atomic E-state index is 0.113. The van der Waals surface area contributed by atoms with Gasteiger partial charge in [0.1, 0.15) is 6.54 Å². The number of sulfonamides is 1. The second-order valence-corrected chi connectivity index (χ2v) is 11.1. The zero-order valence-corrected chi connectivity index (χ0v) is 21.0. The van der Waals surface area contributed by atoms with Crippen molar-refractivity contribution in [2.24, 2.45) is 0 Å². The Morgan fingerprint density at radius 3 is 2.41 bits per heavy atom. The Balaban J connectivity index is 1.58. The molecule has 1 atom stereocenters. The molecule has 0 unspecified atom stereocenters. The van der Waals surface area contributed by atoms with Crippen LogP contribution in [0.3, 0.4) is 0 Å². The molecule has 0 radical (unpaired) electrons. The third kappa shape index (κ3) is 5.29. The van der Waals surface area contributed by atoms with Gasteiger partial charge in [-0.15, -0.1) is 0 Å². The zero-order valence-electron chi connectivity index (χ0n) is 19.4. The molecule has 0 spiro atoms. The number of carbonyl (C=O) groups excluding carboxylic acids is 1. The first-order chi connectivity index (χ1) is 16.3. The van der Waals surface area contributed by atoms with Gasteiger partial charge in [0.05, 0.1) is 16.6 Å². The number of halogens is 1. The Morgan fingerprint density at radius 2 is 1.71 bits per heavy atom. The van der Waals surface area contributed by atoms with E-state index >= 15 is 0 Å². The summed E-state index contributed by atoms with van der Waals surface area (Å²) in [6.07, 6.45) is 4.55. The van der Waals surface area contributed by atoms with Gasteiger partial charge in [-0.25, -0.2) is 8.42 Å². The highest BCUT2D eigenvalue weighted by molar-refractivity contribution is 7.92. The predicted molar refractivity (Wildman–Crippen MR) is 137 cm³/mol. The van der Waals surface area contributed by atoms with E-state index < -0.39 is 10.0 Å². The smallest absolute Gasteiger partial charge is 0.264 e. The van der Waals surface area contributed by atoms with Crippen LogP contribution in [-0.2, 0) is 27.7 Å². The van der Waals surface area contributed by atoms with Crippen LogP contribution in [0.2, 0.25) is 5.02 Å². The average Bonchev–Trinajstić information content (AvgIpc) is 2.84. The summed E-state index contributed by atoms with van der Waals surface area (Å²) in [5.74, 6) is -0.388. The number of rotatable bonds is 7. The second-order valence-electron chi connectivity index (χ2n) is 8.78. The first-order valence-electron chi connectivity index (χ1n) is 11.5. The molecule has 1 amide bonds. The topological polar surface area (TPSA) is 66.5 Å². The quantitative estimate of drug-likeness (QED) is 0.463. The number of hydrogen-bond acceptors (Lipinski definition) is 3. The van der Waals surface area contributed by atoms with Crippen molar-refractivity contribution in [3.05, 3.63) is 94.0 Å². The summed E-state index contributed by atoms with van der Waals surface area (Å²) >= 11 is 6.29. The molecule has 4 rings (SSSR count). The van der Waals surface area contributed by atoms with Crippen LogP contribution in [0.5, 0.6) is 0 Å². The van der Waals surface area contributed by atoms with Crippen LogP contribution in [0.1, 0.15) is 48.1 Å². The summed E-state index contributed by atoms with van der Waals surface area (Å²) in [5, 5.41) is 3.41. The van der Waals surface area contributed by atoms with Gasteiger partial charge in [0.25, 0.3) is 10.0 Å². The Morgan fingerprint density at radius 1 is 1.00 bits per heavy atom. The van der Waals surface area contributed by atoms with E-state index in [2.05, 4.69) is 17.4 Å². The van der Waals surface area contributed by atoms with E-state index in [-0.39, 0.29) is 23.4 Å². The normalized spacial score (nSPS) is 14.2. The lowest BCUT2D eigenvalue weighted by Gasteiger charge is -2.26. The molecular formula is C27H29ClN2O3S. The molecule has 0 saturated carbocycles. The fourth-order valence-electron chi connectivity index (χ4n) is 4.30. The number of nitrogens with zero attached hydrogens (tertiary/aromatic N) is 1. The summed E-state index contributed by atoms with van der Waals surface area (Å²) in [5.41, 5.74) is 4.91. The van der Waals surface area contributed by atoms with E-state index in [1.165, 1.54) is 36.1 Å². The average molecular weight is 497 g/mol. The molecule has 178 valence electrons. The van der Waals surface area contributed by atoms with Crippen LogP contribution in [0, 0.1) is 6.92 Å². The predicted octanol–water partition coefficient (Wildman–Crippen LogP) is 5.60. The van der Waals surface area contributed by atoms with Crippen LogP contribution in [0.15, 0.2) is 71.6 Å². The van der Waals surface area contributed by atoms with Gasteiger partial charge in [-0.05, 0) is 86.1 Å². The lowest BCUT2D eigenvalue weighted by atomic mass is 9.89. The van der Waals surface area contributed by atoms with Crippen molar-refractivity contribution in [2.45, 2.75) is 50.5 Å². The lowest BCUT2D eigenvalue weighted by molar-refractivity contribution is -0.120. The molecule has 1 aliphatic carbocycles. The maximum atomic E-state index is 13.5. The van der Waals surface area contributed by atoms with Gasteiger partial charge in [-0.2, -0.15) is 0 Å². The van der Waals surface area contributed by atoms with E-state index in [0.717, 1.165) is 28.3 Å². The lowest BCUT2D eigenvalue weighted by Crippen LogP contribution is -2.41. The zero-order chi connectivity index (χ0) is 24.3. The summed E-state index contributed by atoms with van der Waals surface area (Å²) in [7, 11) is -3.98. The number of carbonyl (C=O) groups is 1. The molecule has 0 saturated heterocycles. The molecule has 0 bridgehead atoms. The maximum Gasteiger partial charge on any atom is 0.264 e. The molecule has 0 fully saturated rings. The minimum Gasteiger partial charge on any atom is -0.348 e. The van der Waals surface area contributed by atoms with E-state index in [1.54, 1.807) is 36.4 Å². The van der Waals surface area contributed by atoms with Crippen LogP contribution >= 0.6 is 11.6 Å². The number of benzene rings is 3. The highest BCUT2D eigenvalue weighted by Gasteiger charge is 2.28. The number of fused-ring (bicyclic) bond motifs is 1. The number of amides is 1. The summed E-state index contributed by atoms with van der Waals surface area (Å²) in [6, 6.07) is 19.2. The molecule has 34 heavy (non-hydrogen) atoms. The summed E-state index contributed by atoms with van der Waals surface area (Å²) in [6.45, 7) is 3.41. The van der Waals surface area contributed by atoms with Crippen molar-refractivity contribution in [1.29, 1.82) is 0 Å². The highest BCUT2D eigenvalue weighted by Crippen LogP contribution is 2.28. The van der Waals surface area contributed by atoms with Gasteiger partial charge in [-0.1, -0.05) is 54.1 Å². The van der Waals surface area contributed by atoms with E-state index in [4.69, 9.17) is 11.6 Å². The molecule has 3 aromatic carbocycles. The first-order valence-corrected chi connectivity index (χ1v) is 13.3. The molecule has 0 aromatic heterocycles. The molecular weight excluding hydrogens is 468 g/mol. The Bertz CT molecular complexity index is 1290. The van der Waals surface area contributed by atoms with E-state index in [0.29, 0.717) is 10.7 Å². The van der Waals surface area contributed by atoms with Crippen LogP contribution in [0.25, 0.3) is 0 Å². The van der Waals surface area contributed by atoms with Gasteiger partial charge in [0.15, 0.2) is 0 Å². The van der Waals surface area contributed by atoms with E-state index in [1.807, 2.05) is 19.9 Å². The molecule has 0 heterocycles. The van der Waals surface area contributed by atoms with Crippen LogP contribution < -0.4 is 9.62 Å². The van der Waals surface area contributed by atoms with Gasteiger partial charge in [0.2, 0.25) is 5.91 Å². The van der Waals surface area contributed by atoms with Crippen molar-refractivity contribution in [3.8, 4) is 0 Å². The van der Waals surface area contributed by atoms with Crippen LogP contribution in [-0.4, -0.2) is 20.9 Å². The van der Waals surface area contributed by atoms with Gasteiger partial charge < -0.3 is 5.32 Å². The van der Waals surface area contributed by atoms with Gasteiger partial charge in [-0.3, -0.25) is 9.10 Å². The fourth-order valence-corrected chi connectivity index (χ4v) is 5.90. The number of hydrogen-bond donors (Lipinski definition) is 1. The third-order valence-electron chi connectivity index (χ3n) is 6.31. The van der Waals surface area contributed by atoms with Gasteiger partial charge >= 0.3 is 0 Å². The van der Waals surface area contributed by atoms with E-state index in [9.17, 15) is 13.2 Å². The Labute approximate surface area is 206 Å². The van der Waals surface area contributed by atoms with Gasteiger partial charge in [0, 0.05) is 5.02 Å². The van der Waals surface area contributed by atoms with Crippen molar-refractivity contribution in [1.82, 2.24) is 5.32 Å². The molecule has 1 aliphatic rings. The minimum atomic E-state index is -3.98. The molecule has 7 heteroatoms. The maximum absolute atomic E-state index is 13.5. The van der Waals surface area contributed by atoms with Crippen molar-refractivity contribution in [3.63, 3.8) is 0 Å². The van der Waals surface area contributed by atoms with Crippen molar-refractivity contribution < 1.29 is 13.2 Å².